The number of aliphatic hydroxyl groups excluding tert-OH is 1. The highest BCUT2D eigenvalue weighted by Crippen LogP contribution is 2.13. The first kappa shape index (κ1) is 14.7. The Morgan fingerprint density at radius 3 is 2.84 bits per heavy atom. The van der Waals surface area contributed by atoms with Crippen molar-refractivity contribution >= 4 is 33.9 Å². The van der Waals surface area contributed by atoms with Crippen molar-refractivity contribution in [1.82, 2.24) is 10.3 Å². The Balaban J connectivity index is 1.64. The van der Waals surface area contributed by atoms with Gasteiger partial charge in [0.15, 0.2) is 0 Å². The molecule has 0 spiro atoms. The third-order valence-corrected chi connectivity index (χ3v) is 3.78. The molecule has 1 aromatic carbocycles. The van der Waals surface area contributed by atoms with E-state index in [0.717, 1.165) is 15.0 Å². The van der Waals surface area contributed by atoms with Gasteiger partial charge in [-0.25, -0.2) is 4.98 Å². The van der Waals surface area contributed by atoms with E-state index in [-0.39, 0.29) is 6.61 Å². The Morgan fingerprint density at radius 2 is 2.16 bits per heavy atom. The topological polar surface area (TPSA) is 54.4 Å². The van der Waals surface area contributed by atoms with Gasteiger partial charge in [-0.1, -0.05) is 0 Å². The maximum Gasteiger partial charge on any atom is 0.119 e. The number of ether oxygens (including phenoxy) is 1. The molecule has 0 radical (unpaired) electrons. The van der Waals surface area contributed by atoms with Crippen molar-refractivity contribution in [3.05, 3.63) is 44.4 Å². The maximum absolute atomic E-state index is 9.79. The van der Waals surface area contributed by atoms with Crippen LogP contribution in [-0.4, -0.2) is 29.3 Å². The highest BCUT2D eigenvalue weighted by atomic mass is 127. The van der Waals surface area contributed by atoms with Crippen molar-refractivity contribution < 1.29 is 9.84 Å². The fourth-order valence-corrected chi connectivity index (χ4v) is 2.39. The van der Waals surface area contributed by atoms with Gasteiger partial charge in [-0.15, -0.1) is 11.3 Å². The summed E-state index contributed by atoms with van der Waals surface area (Å²) in [6.07, 6.45) is -0.530. The first-order chi connectivity index (χ1) is 9.24. The standard InChI is InChI=1S/C13H15IN2O2S/c14-10-1-3-13(4-2-10)18-7-12(17)6-15-5-11-8-19-9-16-11/h1-4,8-9,12,15,17H,5-7H2. The zero-order chi connectivity index (χ0) is 13.5. The number of nitrogens with zero attached hydrogens (tertiary/aromatic N) is 1. The number of benzene rings is 1. The van der Waals surface area contributed by atoms with Crippen LogP contribution >= 0.6 is 33.9 Å². The zero-order valence-electron chi connectivity index (χ0n) is 10.3. The number of aliphatic hydroxyl groups is 1. The first-order valence-corrected chi connectivity index (χ1v) is 7.90. The number of nitrogens with one attached hydrogen (secondary N) is 1. The first-order valence-electron chi connectivity index (χ1n) is 5.88. The minimum atomic E-state index is -0.530. The summed E-state index contributed by atoms with van der Waals surface area (Å²) < 4.78 is 6.67. The summed E-state index contributed by atoms with van der Waals surface area (Å²) in [4.78, 5) is 4.16. The predicted molar refractivity (Wildman–Crippen MR) is 84.5 cm³/mol. The van der Waals surface area contributed by atoms with Crippen molar-refractivity contribution in [2.75, 3.05) is 13.2 Å². The van der Waals surface area contributed by atoms with Gasteiger partial charge < -0.3 is 15.2 Å². The minimum absolute atomic E-state index is 0.282. The van der Waals surface area contributed by atoms with Crippen molar-refractivity contribution in [2.45, 2.75) is 12.6 Å². The number of hydrogen-bond acceptors (Lipinski definition) is 5. The maximum atomic E-state index is 9.79. The molecule has 102 valence electrons. The second-order valence-electron chi connectivity index (χ2n) is 4.03. The van der Waals surface area contributed by atoms with Crippen LogP contribution in [0.2, 0.25) is 0 Å². The number of thiazole rings is 1. The number of aromatic nitrogens is 1. The fourth-order valence-electron chi connectivity index (χ4n) is 1.47. The van der Waals surface area contributed by atoms with Crippen LogP contribution in [0.25, 0.3) is 0 Å². The van der Waals surface area contributed by atoms with Gasteiger partial charge in [0.1, 0.15) is 18.5 Å². The monoisotopic (exact) mass is 390 g/mol. The molecule has 0 bridgehead atoms. The third-order valence-electron chi connectivity index (χ3n) is 2.43. The molecule has 0 amide bonds. The lowest BCUT2D eigenvalue weighted by molar-refractivity contribution is 0.106. The summed E-state index contributed by atoms with van der Waals surface area (Å²) in [5, 5.41) is 14.9. The Bertz CT molecular complexity index is 476. The van der Waals surface area contributed by atoms with Gasteiger partial charge >= 0.3 is 0 Å². The molecule has 0 aliphatic carbocycles. The van der Waals surface area contributed by atoms with E-state index in [4.69, 9.17) is 4.74 Å². The van der Waals surface area contributed by atoms with Crippen LogP contribution in [0.4, 0.5) is 0 Å². The average molecular weight is 390 g/mol. The van der Waals surface area contributed by atoms with Crippen LogP contribution in [-0.2, 0) is 6.54 Å². The van der Waals surface area contributed by atoms with Gasteiger partial charge in [0, 0.05) is 22.0 Å². The van der Waals surface area contributed by atoms with Gasteiger partial charge in [-0.2, -0.15) is 0 Å². The molecule has 2 N–H and O–H groups in total. The lowest BCUT2D eigenvalue weighted by Gasteiger charge is -2.12. The molecule has 0 fully saturated rings. The van der Waals surface area contributed by atoms with E-state index in [1.807, 2.05) is 29.6 Å². The van der Waals surface area contributed by atoms with Crippen LogP contribution in [0.15, 0.2) is 35.2 Å². The summed E-state index contributed by atoms with van der Waals surface area (Å²) in [6.45, 7) is 1.44. The van der Waals surface area contributed by atoms with Crippen molar-refractivity contribution in [1.29, 1.82) is 0 Å². The van der Waals surface area contributed by atoms with E-state index in [9.17, 15) is 5.11 Å². The van der Waals surface area contributed by atoms with Gasteiger partial charge in [0.2, 0.25) is 0 Å². The Hall–Kier alpha value is -0.700. The smallest absolute Gasteiger partial charge is 0.119 e. The summed E-state index contributed by atoms with van der Waals surface area (Å²) in [7, 11) is 0. The van der Waals surface area contributed by atoms with Crippen molar-refractivity contribution in [3.63, 3.8) is 0 Å². The zero-order valence-corrected chi connectivity index (χ0v) is 13.2. The van der Waals surface area contributed by atoms with Crippen molar-refractivity contribution in [2.24, 2.45) is 0 Å². The second kappa shape index (κ2) is 7.78. The lowest BCUT2D eigenvalue weighted by atomic mass is 10.3. The fraction of sp³-hybridized carbons (Fsp3) is 0.308. The lowest BCUT2D eigenvalue weighted by Crippen LogP contribution is -2.31. The minimum Gasteiger partial charge on any atom is -0.491 e. The number of halogens is 1. The highest BCUT2D eigenvalue weighted by molar-refractivity contribution is 14.1. The van der Waals surface area contributed by atoms with Crippen LogP contribution in [0.3, 0.4) is 0 Å². The van der Waals surface area contributed by atoms with Gasteiger partial charge in [-0.05, 0) is 46.9 Å². The van der Waals surface area contributed by atoms with E-state index in [1.54, 1.807) is 16.8 Å². The Morgan fingerprint density at radius 1 is 1.37 bits per heavy atom. The van der Waals surface area contributed by atoms with E-state index in [2.05, 4.69) is 32.9 Å². The van der Waals surface area contributed by atoms with E-state index >= 15 is 0 Å². The SMILES string of the molecule is OC(CNCc1cscn1)COc1ccc(I)cc1. The van der Waals surface area contributed by atoms with Crippen LogP contribution in [0.1, 0.15) is 5.69 Å². The molecular weight excluding hydrogens is 375 g/mol. The molecule has 1 atom stereocenters. The van der Waals surface area contributed by atoms with Crippen LogP contribution in [0, 0.1) is 3.57 Å². The predicted octanol–water partition coefficient (Wildman–Crippen LogP) is 2.28. The molecule has 19 heavy (non-hydrogen) atoms. The number of hydrogen-bond donors (Lipinski definition) is 2. The molecule has 6 heteroatoms. The third kappa shape index (κ3) is 5.43. The largest absolute Gasteiger partial charge is 0.491 e. The van der Waals surface area contributed by atoms with Gasteiger partial charge in [0.05, 0.1) is 11.2 Å². The quantitative estimate of drug-likeness (QED) is 0.713. The molecule has 1 unspecified atom stereocenters. The average Bonchev–Trinajstić information content (AvgIpc) is 2.91. The molecule has 2 aromatic rings. The molecule has 1 aromatic heterocycles. The summed E-state index contributed by atoms with van der Waals surface area (Å²) in [5.74, 6) is 0.777. The summed E-state index contributed by atoms with van der Waals surface area (Å²) in [5.41, 5.74) is 2.80. The van der Waals surface area contributed by atoms with Gasteiger partial charge in [0.25, 0.3) is 0 Å². The molecule has 2 rings (SSSR count). The highest BCUT2D eigenvalue weighted by Gasteiger charge is 2.05. The normalized spacial score (nSPS) is 12.3. The van der Waals surface area contributed by atoms with Crippen LogP contribution < -0.4 is 10.1 Å². The summed E-state index contributed by atoms with van der Waals surface area (Å²) in [6, 6.07) is 7.75. The molecule has 0 saturated heterocycles. The van der Waals surface area contributed by atoms with E-state index in [1.165, 1.54) is 0 Å². The Labute approximate surface area is 130 Å². The van der Waals surface area contributed by atoms with Gasteiger partial charge in [-0.3, -0.25) is 0 Å². The molecule has 0 aliphatic heterocycles. The molecule has 1 heterocycles. The second-order valence-corrected chi connectivity index (χ2v) is 5.99. The number of rotatable bonds is 7. The van der Waals surface area contributed by atoms with Crippen molar-refractivity contribution in [3.8, 4) is 5.75 Å². The Kier molecular flexibility index (Phi) is 6.02. The molecule has 0 saturated carbocycles. The molecule has 0 aliphatic rings. The van der Waals surface area contributed by atoms with E-state index < -0.39 is 6.10 Å². The molecular formula is C13H15IN2O2S. The molecule has 4 nitrogen and oxygen atoms in total. The van der Waals surface area contributed by atoms with Crippen LogP contribution in [0.5, 0.6) is 5.75 Å². The van der Waals surface area contributed by atoms with E-state index in [0.29, 0.717) is 13.1 Å². The summed E-state index contributed by atoms with van der Waals surface area (Å²) >= 11 is 3.81.